The average Bonchev–Trinajstić information content (AvgIpc) is 2.88. The Balaban J connectivity index is 1.58. The zero-order chi connectivity index (χ0) is 25.7. The summed E-state index contributed by atoms with van der Waals surface area (Å²) in [5, 5.41) is 29.2. The van der Waals surface area contributed by atoms with Gasteiger partial charge in [0.1, 0.15) is 0 Å². The van der Waals surface area contributed by atoms with Gasteiger partial charge in [-0.2, -0.15) is 20.1 Å². The third-order valence-electron chi connectivity index (χ3n) is 5.56. The molecule has 36 heavy (non-hydrogen) atoms. The molecule has 1 aromatic heterocycles. The molecule has 2 heterocycles. The molecule has 0 spiro atoms. The van der Waals surface area contributed by atoms with Gasteiger partial charge in [0.05, 0.1) is 15.6 Å². The van der Waals surface area contributed by atoms with Crippen molar-refractivity contribution < 1.29 is 9.85 Å². The van der Waals surface area contributed by atoms with E-state index in [9.17, 15) is 20.2 Å². The first-order chi connectivity index (χ1) is 17.3. The molecule has 0 saturated carbocycles. The maximum Gasteiger partial charge on any atom is 0.269 e. The maximum absolute atomic E-state index is 10.9. The van der Waals surface area contributed by atoms with Crippen molar-refractivity contribution in [2.45, 2.75) is 6.92 Å². The lowest BCUT2D eigenvalue weighted by molar-refractivity contribution is -0.385. The second kappa shape index (κ2) is 10.7. The summed E-state index contributed by atoms with van der Waals surface area (Å²) in [5.74, 6) is 0.913. The number of nitro benzene ring substituents is 2. The number of benzene rings is 2. The minimum Gasteiger partial charge on any atom is -0.338 e. The van der Waals surface area contributed by atoms with E-state index in [-0.39, 0.29) is 23.3 Å². The molecule has 0 unspecified atom stereocenters. The molecule has 1 fully saturated rings. The maximum atomic E-state index is 10.9. The zero-order valence-electron chi connectivity index (χ0n) is 19.7. The normalized spacial score (nSPS) is 14.4. The van der Waals surface area contributed by atoms with Gasteiger partial charge in [0.15, 0.2) is 0 Å². The number of non-ortho nitro benzene ring substituents is 2. The second-order valence-electron chi connectivity index (χ2n) is 8.11. The summed E-state index contributed by atoms with van der Waals surface area (Å²) in [6.45, 7) is 4.95. The van der Waals surface area contributed by atoms with Crippen LogP contribution in [0.4, 0.5) is 34.9 Å². The third-order valence-corrected chi connectivity index (χ3v) is 5.56. The minimum atomic E-state index is -0.467. The number of nitro groups is 2. The van der Waals surface area contributed by atoms with Crippen LogP contribution >= 0.6 is 0 Å². The fraction of sp³-hybridized carbons (Fsp3) is 0.273. The molecule has 2 aromatic carbocycles. The van der Waals surface area contributed by atoms with E-state index in [0.29, 0.717) is 22.9 Å². The molecule has 2 N–H and O–H groups in total. The van der Waals surface area contributed by atoms with Gasteiger partial charge < -0.3 is 15.1 Å². The van der Waals surface area contributed by atoms with Crippen LogP contribution in [-0.2, 0) is 0 Å². The van der Waals surface area contributed by atoms with E-state index in [1.54, 1.807) is 31.2 Å². The van der Waals surface area contributed by atoms with Gasteiger partial charge in [-0.1, -0.05) is 0 Å². The van der Waals surface area contributed by atoms with Gasteiger partial charge in [-0.25, -0.2) is 5.43 Å². The highest BCUT2D eigenvalue weighted by Gasteiger charge is 2.19. The smallest absolute Gasteiger partial charge is 0.269 e. The van der Waals surface area contributed by atoms with Gasteiger partial charge in [-0.15, -0.1) is 0 Å². The molecule has 14 nitrogen and oxygen atoms in total. The van der Waals surface area contributed by atoms with E-state index in [0.717, 1.165) is 26.2 Å². The molecule has 186 valence electrons. The Hall–Kier alpha value is -4.72. The fourth-order valence-electron chi connectivity index (χ4n) is 3.44. The number of anilines is 4. The standard InChI is InChI=1S/C22H24N10O4/c1-15(16-3-7-18(8-4-16)31(33)34)27-28-21-24-20(23-17-5-9-19(10-6-17)32(35)36)25-22(26-21)30-13-11-29(2)12-14-30/h3-10H,11-14H2,1-2H3,(H2,23,24,25,26,28)/b27-15+. The van der Waals surface area contributed by atoms with E-state index < -0.39 is 9.85 Å². The Labute approximate surface area is 206 Å². The van der Waals surface area contributed by atoms with Crippen molar-refractivity contribution >= 4 is 40.6 Å². The number of hydrazone groups is 1. The lowest BCUT2D eigenvalue weighted by Crippen LogP contribution is -2.45. The zero-order valence-corrected chi connectivity index (χ0v) is 19.7. The molecular weight excluding hydrogens is 468 g/mol. The van der Waals surface area contributed by atoms with Crippen LogP contribution in [0.2, 0.25) is 0 Å². The fourth-order valence-corrected chi connectivity index (χ4v) is 3.44. The van der Waals surface area contributed by atoms with Gasteiger partial charge >= 0.3 is 0 Å². The molecule has 0 radical (unpaired) electrons. The summed E-state index contributed by atoms with van der Waals surface area (Å²) in [6, 6.07) is 12.0. The molecule has 4 rings (SSSR count). The topological polar surface area (TPSA) is 168 Å². The third kappa shape index (κ3) is 6.04. The molecule has 1 saturated heterocycles. The van der Waals surface area contributed by atoms with Crippen molar-refractivity contribution in [3.05, 3.63) is 74.3 Å². The summed E-state index contributed by atoms with van der Waals surface area (Å²) >= 11 is 0. The van der Waals surface area contributed by atoms with Gasteiger partial charge in [0.2, 0.25) is 17.8 Å². The molecule has 0 aliphatic carbocycles. The van der Waals surface area contributed by atoms with Crippen LogP contribution in [0.15, 0.2) is 53.6 Å². The highest BCUT2D eigenvalue weighted by atomic mass is 16.6. The predicted molar refractivity (Wildman–Crippen MR) is 135 cm³/mol. The highest BCUT2D eigenvalue weighted by molar-refractivity contribution is 5.99. The summed E-state index contributed by atoms with van der Waals surface area (Å²) in [5.41, 5.74) is 4.68. The SMILES string of the molecule is C/C(=N\Nc1nc(Nc2ccc([N+](=O)[O-])cc2)nc(N2CCN(C)CC2)n1)c1ccc([N+](=O)[O-])cc1. The number of nitrogens with one attached hydrogen (secondary N) is 2. The van der Waals surface area contributed by atoms with E-state index >= 15 is 0 Å². The largest absolute Gasteiger partial charge is 0.338 e. The molecule has 3 aromatic rings. The first-order valence-electron chi connectivity index (χ1n) is 11.0. The van der Waals surface area contributed by atoms with Crippen molar-refractivity contribution in [1.29, 1.82) is 0 Å². The summed E-state index contributed by atoms with van der Waals surface area (Å²) in [7, 11) is 2.05. The number of nitrogens with zero attached hydrogens (tertiary/aromatic N) is 8. The van der Waals surface area contributed by atoms with E-state index in [1.807, 2.05) is 4.90 Å². The molecule has 14 heteroatoms. The highest BCUT2D eigenvalue weighted by Crippen LogP contribution is 2.21. The molecular formula is C22H24N10O4. The number of aromatic nitrogens is 3. The Kier molecular flexibility index (Phi) is 7.25. The number of hydrogen-bond donors (Lipinski definition) is 2. The lowest BCUT2D eigenvalue weighted by Gasteiger charge is -2.32. The van der Waals surface area contributed by atoms with Crippen LogP contribution < -0.4 is 15.6 Å². The Bertz CT molecular complexity index is 1270. The van der Waals surface area contributed by atoms with Crippen LogP contribution in [0.3, 0.4) is 0 Å². The van der Waals surface area contributed by atoms with Crippen molar-refractivity contribution in [2.24, 2.45) is 5.10 Å². The Morgan fingerprint density at radius 1 is 0.861 bits per heavy atom. The monoisotopic (exact) mass is 492 g/mol. The van der Waals surface area contributed by atoms with Crippen LogP contribution in [0.1, 0.15) is 12.5 Å². The molecule has 0 amide bonds. The van der Waals surface area contributed by atoms with Gasteiger partial charge in [0.25, 0.3) is 11.4 Å². The average molecular weight is 493 g/mol. The first kappa shape index (κ1) is 24.4. The molecule has 1 aliphatic rings. The summed E-state index contributed by atoms with van der Waals surface area (Å²) < 4.78 is 0. The van der Waals surface area contributed by atoms with Crippen molar-refractivity contribution in [3.63, 3.8) is 0 Å². The van der Waals surface area contributed by atoms with Crippen LogP contribution in [0, 0.1) is 20.2 Å². The minimum absolute atomic E-state index is 0.00393. The van der Waals surface area contributed by atoms with Crippen molar-refractivity contribution in [2.75, 3.05) is 48.9 Å². The number of piperazine rings is 1. The van der Waals surface area contributed by atoms with Crippen LogP contribution in [0.5, 0.6) is 0 Å². The quantitative estimate of drug-likeness (QED) is 0.269. The number of rotatable bonds is 8. The lowest BCUT2D eigenvalue weighted by atomic mass is 10.1. The second-order valence-corrected chi connectivity index (χ2v) is 8.11. The van der Waals surface area contributed by atoms with E-state index in [2.05, 4.69) is 42.7 Å². The van der Waals surface area contributed by atoms with E-state index in [1.165, 1.54) is 24.3 Å². The van der Waals surface area contributed by atoms with Crippen molar-refractivity contribution in [3.8, 4) is 0 Å². The molecule has 1 aliphatic heterocycles. The molecule has 0 bridgehead atoms. The first-order valence-corrected chi connectivity index (χ1v) is 11.0. The summed E-state index contributed by atoms with van der Waals surface area (Å²) in [4.78, 5) is 38.6. The van der Waals surface area contributed by atoms with Gasteiger partial charge in [-0.05, 0) is 43.8 Å². The summed E-state index contributed by atoms with van der Waals surface area (Å²) in [6.07, 6.45) is 0. The Morgan fingerprint density at radius 2 is 1.42 bits per heavy atom. The van der Waals surface area contributed by atoms with E-state index in [4.69, 9.17) is 0 Å². The number of likely N-dealkylation sites (N-methyl/N-ethyl adjacent to an activating group) is 1. The van der Waals surface area contributed by atoms with Gasteiger partial charge in [0, 0.05) is 56.1 Å². The molecule has 0 atom stereocenters. The Morgan fingerprint density at radius 3 is 2.00 bits per heavy atom. The number of hydrogen-bond acceptors (Lipinski definition) is 12. The van der Waals surface area contributed by atoms with Crippen molar-refractivity contribution in [1.82, 2.24) is 19.9 Å². The van der Waals surface area contributed by atoms with Crippen LogP contribution in [0.25, 0.3) is 0 Å². The predicted octanol–water partition coefficient (Wildman–Crippen LogP) is 3.02. The van der Waals surface area contributed by atoms with Gasteiger partial charge in [-0.3, -0.25) is 20.2 Å². The van der Waals surface area contributed by atoms with Crippen LogP contribution in [-0.4, -0.2) is 68.6 Å².